The Kier molecular flexibility index (Phi) is 8.43. The molecule has 36 heavy (non-hydrogen) atoms. The van der Waals surface area contributed by atoms with E-state index in [1.807, 2.05) is 0 Å². The Morgan fingerprint density at radius 3 is 2.83 bits per heavy atom. The van der Waals surface area contributed by atoms with Crippen LogP contribution in [0, 0.1) is 5.82 Å². The highest BCUT2D eigenvalue weighted by Crippen LogP contribution is 2.27. The van der Waals surface area contributed by atoms with Crippen LogP contribution in [-0.2, 0) is 14.8 Å². The molecule has 1 unspecified atom stereocenters. The normalized spacial score (nSPS) is 20.5. The Hall–Kier alpha value is -2.35. The number of halogens is 2. The molecule has 4 rings (SSSR count). The standard InChI is InChI=1S/C23H27ClFN5O4S2/c1-29(9-6-16-13-26-14-27-16)22(31)15-2-4-20(18(25)12-15)30-10-7-19(23(30)32)28-36(33,34)11-8-17-3-5-21(24)35-17/h2-5,8,11-12,16,19,26-28H,6-7,9-10,13-14H2,1H3/b11-8+/t16?,19-/m0/s1. The molecule has 0 aliphatic carbocycles. The Morgan fingerprint density at radius 1 is 1.36 bits per heavy atom. The molecular weight excluding hydrogens is 529 g/mol. The molecule has 0 saturated carbocycles. The number of thiophene rings is 1. The molecule has 3 N–H and O–H groups in total. The van der Waals surface area contributed by atoms with Gasteiger partial charge in [-0.2, -0.15) is 4.72 Å². The van der Waals surface area contributed by atoms with E-state index in [1.54, 1.807) is 19.2 Å². The molecule has 0 radical (unpaired) electrons. The lowest BCUT2D eigenvalue weighted by molar-refractivity contribution is -0.118. The average molecular weight is 556 g/mol. The molecule has 9 nitrogen and oxygen atoms in total. The van der Waals surface area contributed by atoms with Crippen molar-refractivity contribution in [3.05, 3.63) is 56.3 Å². The summed E-state index contributed by atoms with van der Waals surface area (Å²) in [7, 11) is -2.24. The van der Waals surface area contributed by atoms with Gasteiger partial charge in [0.15, 0.2) is 0 Å². The zero-order chi connectivity index (χ0) is 25.9. The number of hydrogen-bond acceptors (Lipinski definition) is 7. The molecule has 1 aromatic carbocycles. The Bertz CT molecular complexity index is 1260. The highest BCUT2D eigenvalue weighted by molar-refractivity contribution is 7.92. The minimum atomic E-state index is -3.91. The van der Waals surface area contributed by atoms with Crippen LogP contribution in [0.4, 0.5) is 10.1 Å². The van der Waals surface area contributed by atoms with Crippen LogP contribution in [-0.4, -0.2) is 70.6 Å². The number of nitrogens with one attached hydrogen (secondary N) is 3. The number of rotatable bonds is 9. The van der Waals surface area contributed by atoms with Crippen LogP contribution < -0.4 is 20.3 Å². The van der Waals surface area contributed by atoms with Gasteiger partial charge in [-0.3, -0.25) is 9.59 Å². The number of sulfonamides is 1. The van der Waals surface area contributed by atoms with Gasteiger partial charge in [0.1, 0.15) is 11.9 Å². The van der Waals surface area contributed by atoms with Gasteiger partial charge in [0.05, 0.1) is 10.0 Å². The maximum Gasteiger partial charge on any atom is 0.253 e. The topological polar surface area (TPSA) is 111 Å². The molecule has 2 aliphatic rings. The molecule has 2 aliphatic heterocycles. The third-order valence-electron chi connectivity index (χ3n) is 6.07. The lowest BCUT2D eigenvalue weighted by Crippen LogP contribution is -2.41. The second kappa shape index (κ2) is 11.4. The largest absolute Gasteiger partial charge is 0.342 e. The smallest absolute Gasteiger partial charge is 0.253 e. The minimum absolute atomic E-state index is 0.00546. The van der Waals surface area contributed by atoms with Crippen LogP contribution in [0.1, 0.15) is 28.1 Å². The lowest BCUT2D eigenvalue weighted by Gasteiger charge is -2.21. The number of carbonyl (C=O) groups is 2. The summed E-state index contributed by atoms with van der Waals surface area (Å²) >= 11 is 7.07. The molecule has 2 saturated heterocycles. The Balaban J connectivity index is 1.37. The van der Waals surface area contributed by atoms with Crippen LogP contribution in [0.15, 0.2) is 35.7 Å². The van der Waals surface area contributed by atoms with Gasteiger partial charge in [0.2, 0.25) is 15.9 Å². The second-order valence-electron chi connectivity index (χ2n) is 8.65. The van der Waals surface area contributed by atoms with Crippen molar-refractivity contribution < 1.29 is 22.4 Å². The van der Waals surface area contributed by atoms with Crippen molar-refractivity contribution in [2.24, 2.45) is 0 Å². The molecule has 2 fully saturated rings. The van der Waals surface area contributed by atoms with Gasteiger partial charge in [-0.25, -0.2) is 12.8 Å². The summed E-state index contributed by atoms with van der Waals surface area (Å²) in [6.45, 7) is 2.24. The van der Waals surface area contributed by atoms with Crippen LogP contribution >= 0.6 is 22.9 Å². The first kappa shape index (κ1) is 26.7. The first-order valence-corrected chi connectivity index (χ1v) is 14.1. The van der Waals surface area contributed by atoms with E-state index in [2.05, 4.69) is 15.4 Å². The number of nitrogens with zero attached hydrogens (tertiary/aromatic N) is 2. The fourth-order valence-corrected chi connectivity index (χ4v) is 6.18. The maximum absolute atomic E-state index is 15.0. The molecule has 13 heteroatoms. The lowest BCUT2D eigenvalue weighted by atomic mass is 10.1. The summed E-state index contributed by atoms with van der Waals surface area (Å²) in [6.07, 6.45) is 2.35. The van der Waals surface area contributed by atoms with Crippen molar-refractivity contribution in [2.45, 2.75) is 24.9 Å². The van der Waals surface area contributed by atoms with Crippen LogP contribution in [0.3, 0.4) is 0 Å². The van der Waals surface area contributed by atoms with Gasteiger partial charge in [-0.1, -0.05) is 11.6 Å². The molecule has 194 valence electrons. The predicted molar refractivity (Wildman–Crippen MR) is 139 cm³/mol. The van der Waals surface area contributed by atoms with Crippen molar-refractivity contribution in [1.82, 2.24) is 20.3 Å². The first-order valence-electron chi connectivity index (χ1n) is 11.4. The van der Waals surface area contributed by atoms with E-state index in [4.69, 9.17) is 11.6 Å². The van der Waals surface area contributed by atoms with Gasteiger partial charge < -0.3 is 20.4 Å². The van der Waals surface area contributed by atoms with E-state index in [0.29, 0.717) is 15.8 Å². The summed E-state index contributed by atoms with van der Waals surface area (Å²) < 4.78 is 42.7. The third-order valence-corrected chi connectivity index (χ3v) is 8.37. The minimum Gasteiger partial charge on any atom is -0.342 e. The highest BCUT2D eigenvalue weighted by Gasteiger charge is 2.36. The van der Waals surface area contributed by atoms with E-state index >= 15 is 0 Å². The summed E-state index contributed by atoms with van der Waals surface area (Å²) in [5.74, 6) is -1.59. The molecular formula is C23H27ClFN5O4S2. The van der Waals surface area contributed by atoms with Crippen LogP contribution in [0.25, 0.3) is 6.08 Å². The molecule has 1 aromatic heterocycles. The third kappa shape index (κ3) is 6.50. The quantitative estimate of drug-likeness (QED) is 0.438. The summed E-state index contributed by atoms with van der Waals surface area (Å²) in [5.41, 5.74) is 0.185. The zero-order valence-electron chi connectivity index (χ0n) is 19.5. The predicted octanol–water partition coefficient (Wildman–Crippen LogP) is 2.22. The van der Waals surface area contributed by atoms with Gasteiger partial charge >= 0.3 is 0 Å². The van der Waals surface area contributed by atoms with Crippen molar-refractivity contribution in [3.8, 4) is 0 Å². The summed E-state index contributed by atoms with van der Waals surface area (Å²) in [6, 6.07) is 6.58. The number of anilines is 1. The van der Waals surface area contributed by atoms with Gasteiger partial charge in [-0.05, 0) is 49.2 Å². The van der Waals surface area contributed by atoms with E-state index in [9.17, 15) is 22.4 Å². The average Bonchev–Trinajstić information content (AvgIpc) is 3.59. The fraction of sp³-hybridized carbons (Fsp3) is 0.391. The monoisotopic (exact) mass is 555 g/mol. The number of amides is 2. The van der Waals surface area contributed by atoms with E-state index in [0.717, 1.165) is 31.1 Å². The van der Waals surface area contributed by atoms with Crippen molar-refractivity contribution in [1.29, 1.82) is 0 Å². The zero-order valence-corrected chi connectivity index (χ0v) is 21.9. The fourth-order valence-electron chi connectivity index (χ4n) is 4.11. The first-order chi connectivity index (χ1) is 17.1. The summed E-state index contributed by atoms with van der Waals surface area (Å²) in [5, 5.41) is 7.44. The SMILES string of the molecule is CN(CCC1CNCN1)C(=O)c1ccc(N2CC[C@H](NS(=O)(=O)/C=C/c3ccc(Cl)s3)C2=O)c(F)c1. The molecule has 3 heterocycles. The van der Waals surface area contributed by atoms with E-state index in [-0.39, 0.29) is 36.2 Å². The number of benzene rings is 1. The Morgan fingerprint density at radius 2 is 2.17 bits per heavy atom. The highest BCUT2D eigenvalue weighted by atomic mass is 35.5. The molecule has 2 amide bonds. The van der Waals surface area contributed by atoms with Gasteiger partial charge in [0, 0.05) is 55.2 Å². The van der Waals surface area contributed by atoms with Crippen molar-refractivity contribution >= 4 is 56.5 Å². The number of carbonyl (C=O) groups excluding carboxylic acids is 2. The number of hydrogen-bond donors (Lipinski definition) is 3. The van der Waals surface area contributed by atoms with Gasteiger partial charge in [0.25, 0.3) is 5.91 Å². The van der Waals surface area contributed by atoms with Crippen LogP contribution in [0.2, 0.25) is 4.34 Å². The maximum atomic E-state index is 15.0. The van der Waals surface area contributed by atoms with E-state index in [1.165, 1.54) is 39.3 Å². The van der Waals surface area contributed by atoms with Crippen molar-refractivity contribution in [2.75, 3.05) is 38.3 Å². The van der Waals surface area contributed by atoms with Crippen LogP contribution in [0.5, 0.6) is 0 Å². The molecule has 2 aromatic rings. The van der Waals surface area contributed by atoms with E-state index < -0.39 is 27.8 Å². The molecule has 0 bridgehead atoms. The Labute approximate surface area is 218 Å². The summed E-state index contributed by atoms with van der Waals surface area (Å²) in [4.78, 5) is 29.0. The molecule has 2 atom stereocenters. The van der Waals surface area contributed by atoms with Crippen molar-refractivity contribution in [3.63, 3.8) is 0 Å². The molecule has 0 spiro atoms. The van der Waals surface area contributed by atoms with Gasteiger partial charge in [-0.15, -0.1) is 11.3 Å². The second-order valence-corrected chi connectivity index (χ2v) is 12.0.